The third-order valence-electron chi connectivity index (χ3n) is 1.69. The molecule has 0 aromatic carbocycles. The Labute approximate surface area is 72.5 Å². The molecule has 1 unspecified atom stereocenters. The molecule has 0 amide bonds. The maximum Gasteiger partial charge on any atom is 0.0570 e. The molecule has 3 nitrogen and oxygen atoms in total. The minimum Gasteiger partial charge on any atom is -0.395 e. The Kier molecular flexibility index (Phi) is 3.70. The molecule has 1 heterocycles. The topological polar surface area (TPSA) is 45.1 Å². The van der Waals surface area contributed by atoms with E-state index in [2.05, 4.69) is 10.3 Å². The van der Waals surface area contributed by atoms with Crippen LogP contribution in [0.25, 0.3) is 0 Å². The molecule has 0 aliphatic rings. The van der Waals surface area contributed by atoms with Crippen molar-refractivity contribution in [3.63, 3.8) is 0 Å². The maximum atomic E-state index is 8.58. The van der Waals surface area contributed by atoms with Crippen LogP contribution in [0.3, 0.4) is 0 Å². The molecule has 12 heavy (non-hydrogen) atoms. The van der Waals surface area contributed by atoms with Gasteiger partial charge in [-0.2, -0.15) is 0 Å². The van der Waals surface area contributed by atoms with Gasteiger partial charge in [0.25, 0.3) is 0 Å². The van der Waals surface area contributed by atoms with E-state index in [1.807, 2.05) is 25.1 Å². The van der Waals surface area contributed by atoms with Gasteiger partial charge in [-0.25, -0.2) is 0 Å². The molecular weight excluding hydrogens is 152 g/mol. The molecule has 0 saturated heterocycles. The van der Waals surface area contributed by atoms with E-state index in [1.54, 1.807) is 6.20 Å². The predicted molar refractivity (Wildman–Crippen MR) is 47.7 cm³/mol. The van der Waals surface area contributed by atoms with Crippen LogP contribution < -0.4 is 5.32 Å². The summed E-state index contributed by atoms with van der Waals surface area (Å²) in [7, 11) is 0. The first-order valence-corrected chi connectivity index (χ1v) is 4.09. The lowest BCUT2D eigenvalue weighted by Crippen LogP contribution is -2.22. The van der Waals surface area contributed by atoms with E-state index in [-0.39, 0.29) is 12.6 Å². The number of hydrogen-bond acceptors (Lipinski definition) is 3. The van der Waals surface area contributed by atoms with E-state index in [0.717, 1.165) is 5.69 Å². The highest BCUT2D eigenvalue weighted by Gasteiger charge is 2.02. The molecule has 3 heteroatoms. The smallest absolute Gasteiger partial charge is 0.0570 e. The van der Waals surface area contributed by atoms with Gasteiger partial charge >= 0.3 is 0 Å². The first-order valence-electron chi connectivity index (χ1n) is 4.09. The van der Waals surface area contributed by atoms with Crippen molar-refractivity contribution in [3.05, 3.63) is 30.1 Å². The summed E-state index contributed by atoms with van der Waals surface area (Å²) in [6.45, 7) is 2.80. The van der Waals surface area contributed by atoms with Gasteiger partial charge in [0.05, 0.1) is 12.3 Å². The van der Waals surface area contributed by atoms with Crippen molar-refractivity contribution in [1.29, 1.82) is 0 Å². The van der Waals surface area contributed by atoms with Crippen molar-refractivity contribution in [2.45, 2.75) is 13.0 Å². The van der Waals surface area contributed by atoms with Crippen LogP contribution in [0.2, 0.25) is 0 Å². The molecular formula is C9H14N2O. The molecule has 1 atom stereocenters. The molecule has 0 aliphatic heterocycles. The Morgan fingerprint density at radius 3 is 3.00 bits per heavy atom. The van der Waals surface area contributed by atoms with E-state index < -0.39 is 0 Å². The number of pyridine rings is 1. The predicted octanol–water partition coefficient (Wildman–Crippen LogP) is 0.724. The van der Waals surface area contributed by atoms with E-state index in [1.165, 1.54) is 0 Å². The van der Waals surface area contributed by atoms with Gasteiger partial charge in [-0.05, 0) is 19.1 Å². The zero-order valence-electron chi connectivity index (χ0n) is 7.20. The largest absolute Gasteiger partial charge is 0.395 e. The van der Waals surface area contributed by atoms with Gasteiger partial charge in [-0.1, -0.05) is 6.07 Å². The van der Waals surface area contributed by atoms with Crippen molar-refractivity contribution >= 4 is 0 Å². The zero-order chi connectivity index (χ0) is 8.81. The normalized spacial score (nSPS) is 12.8. The summed E-state index contributed by atoms with van der Waals surface area (Å²) in [6, 6.07) is 6.02. The van der Waals surface area contributed by atoms with Crippen LogP contribution in [-0.4, -0.2) is 23.2 Å². The summed E-state index contributed by atoms with van der Waals surface area (Å²) in [5, 5.41) is 11.7. The molecule has 66 valence electrons. The number of hydrogen-bond donors (Lipinski definition) is 2. The fourth-order valence-corrected chi connectivity index (χ4v) is 1.02. The quantitative estimate of drug-likeness (QED) is 0.693. The van der Waals surface area contributed by atoms with Crippen molar-refractivity contribution < 1.29 is 5.11 Å². The number of aliphatic hydroxyl groups excluding tert-OH is 1. The molecule has 1 aromatic heterocycles. The van der Waals surface area contributed by atoms with Crippen LogP contribution in [0, 0.1) is 0 Å². The molecule has 0 bridgehead atoms. The highest BCUT2D eigenvalue weighted by Crippen LogP contribution is 2.06. The lowest BCUT2D eigenvalue weighted by atomic mass is 10.2. The van der Waals surface area contributed by atoms with Crippen molar-refractivity contribution in [2.75, 3.05) is 13.2 Å². The lowest BCUT2D eigenvalue weighted by Gasteiger charge is -2.11. The zero-order valence-corrected chi connectivity index (χ0v) is 7.20. The molecule has 0 fully saturated rings. The van der Waals surface area contributed by atoms with Crippen LogP contribution in [0.4, 0.5) is 0 Å². The summed E-state index contributed by atoms with van der Waals surface area (Å²) in [6.07, 6.45) is 1.77. The third-order valence-corrected chi connectivity index (χ3v) is 1.69. The number of aliphatic hydroxyl groups is 1. The standard InChI is InChI=1S/C9H14N2O/c1-8(10-6-7-12)9-4-2-3-5-11-9/h2-5,8,10,12H,6-7H2,1H3. The molecule has 0 radical (unpaired) electrons. The Morgan fingerprint density at radius 2 is 2.42 bits per heavy atom. The third kappa shape index (κ3) is 2.60. The van der Waals surface area contributed by atoms with Gasteiger partial charge in [0.15, 0.2) is 0 Å². The van der Waals surface area contributed by atoms with Crippen molar-refractivity contribution in [3.8, 4) is 0 Å². The van der Waals surface area contributed by atoms with Crippen LogP contribution >= 0.6 is 0 Å². The minimum atomic E-state index is 0.164. The summed E-state index contributed by atoms with van der Waals surface area (Å²) in [5.74, 6) is 0. The maximum absolute atomic E-state index is 8.58. The van der Waals surface area contributed by atoms with Crippen LogP contribution in [0.1, 0.15) is 18.7 Å². The van der Waals surface area contributed by atoms with Crippen molar-refractivity contribution in [1.82, 2.24) is 10.3 Å². The van der Waals surface area contributed by atoms with Gasteiger partial charge < -0.3 is 10.4 Å². The second-order valence-electron chi connectivity index (χ2n) is 2.65. The lowest BCUT2D eigenvalue weighted by molar-refractivity contribution is 0.286. The number of aromatic nitrogens is 1. The van der Waals surface area contributed by atoms with E-state index in [9.17, 15) is 0 Å². The van der Waals surface area contributed by atoms with E-state index in [4.69, 9.17) is 5.11 Å². The van der Waals surface area contributed by atoms with E-state index >= 15 is 0 Å². The second kappa shape index (κ2) is 4.85. The van der Waals surface area contributed by atoms with Crippen molar-refractivity contribution in [2.24, 2.45) is 0 Å². The Balaban J connectivity index is 2.48. The second-order valence-corrected chi connectivity index (χ2v) is 2.65. The monoisotopic (exact) mass is 166 g/mol. The average molecular weight is 166 g/mol. The van der Waals surface area contributed by atoms with Gasteiger partial charge in [0, 0.05) is 18.8 Å². The Morgan fingerprint density at radius 1 is 1.58 bits per heavy atom. The van der Waals surface area contributed by atoms with Crippen LogP contribution in [0.15, 0.2) is 24.4 Å². The summed E-state index contributed by atoms with van der Waals surface area (Å²) in [4.78, 5) is 4.19. The summed E-state index contributed by atoms with van der Waals surface area (Å²) >= 11 is 0. The molecule has 1 rings (SSSR count). The van der Waals surface area contributed by atoms with Gasteiger partial charge in [-0.3, -0.25) is 4.98 Å². The molecule has 0 spiro atoms. The Hall–Kier alpha value is -0.930. The number of nitrogens with one attached hydrogen (secondary N) is 1. The van der Waals surface area contributed by atoms with Crippen LogP contribution in [-0.2, 0) is 0 Å². The average Bonchev–Trinajstić information content (AvgIpc) is 2.15. The fraction of sp³-hybridized carbons (Fsp3) is 0.444. The summed E-state index contributed by atoms with van der Waals surface area (Å²) < 4.78 is 0. The highest BCUT2D eigenvalue weighted by molar-refractivity contribution is 5.07. The molecule has 2 N–H and O–H groups in total. The Bertz CT molecular complexity index is 213. The summed E-state index contributed by atoms with van der Waals surface area (Å²) in [5.41, 5.74) is 1.01. The minimum absolute atomic E-state index is 0.164. The van der Waals surface area contributed by atoms with Gasteiger partial charge in [0.2, 0.25) is 0 Å². The first-order chi connectivity index (χ1) is 5.84. The van der Waals surface area contributed by atoms with Gasteiger partial charge in [-0.15, -0.1) is 0 Å². The first kappa shape index (κ1) is 9.16. The highest BCUT2D eigenvalue weighted by atomic mass is 16.3. The molecule has 0 saturated carbocycles. The SMILES string of the molecule is CC(NCCO)c1ccccn1. The number of nitrogens with zero attached hydrogens (tertiary/aromatic N) is 1. The molecule has 0 aliphatic carbocycles. The van der Waals surface area contributed by atoms with E-state index in [0.29, 0.717) is 6.54 Å². The molecule has 1 aromatic rings. The number of rotatable bonds is 4. The fourth-order valence-electron chi connectivity index (χ4n) is 1.02. The van der Waals surface area contributed by atoms with Gasteiger partial charge in [0.1, 0.15) is 0 Å². The van der Waals surface area contributed by atoms with Crippen LogP contribution in [0.5, 0.6) is 0 Å².